The molecule has 0 radical (unpaired) electrons. The van der Waals surface area contributed by atoms with Gasteiger partial charge in [0.2, 0.25) is 21.8 Å². The van der Waals surface area contributed by atoms with E-state index in [-0.39, 0.29) is 47.8 Å². The number of rotatable bonds is 10. The van der Waals surface area contributed by atoms with Crippen LogP contribution in [0.3, 0.4) is 0 Å². The molecule has 0 unspecified atom stereocenters. The molecule has 10 heteroatoms. The number of hydrogen-bond acceptors (Lipinski definition) is 5. The van der Waals surface area contributed by atoms with Gasteiger partial charge in [-0.3, -0.25) is 9.59 Å². The third-order valence-corrected chi connectivity index (χ3v) is 5.89. The van der Waals surface area contributed by atoms with Crippen molar-refractivity contribution in [3.63, 3.8) is 0 Å². The molecule has 0 saturated heterocycles. The number of halogens is 1. The molecule has 3 N–H and O–H groups in total. The smallest absolute Gasteiger partial charge is 0.242 e. The quantitative estimate of drug-likeness (QED) is 0.509. The van der Waals surface area contributed by atoms with Gasteiger partial charge in [-0.25, -0.2) is 13.1 Å². The molecule has 0 atom stereocenters. The Morgan fingerprint density at radius 1 is 1.03 bits per heavy atom. The lowest BCUT2D eigenvalue weighted by atomic mass is 10.2. The van der Waals surface area contributed by atoms with Gasteiger partial charge >= 0.3 is 0 Å². The number of anilines is 1. The molecule has 30 heavy (non-hydrogen) atoms. The topological polar surface area (TPSA) is 108 Å². The molecule has 0 aliphatic heterocycles. The van der Waals surface area contributed by atoms with Gasteiger partial charge in [-0.05, 0) is 43.9 Å². The maximum Gasteiger partial charge on any atom is 0.242 e. The van der Waals surface area contributed by atoms with Crippen molar-refractivity contribution in [1.29, 1.82) is 0 Å². The van der Waals surface area contributed by atoms with Crippen LogP contribution in [0.5, 0.6) is 0 Å². The standard InChI is InChI=1S/C20H25ClN4O4S/c1-25(2)14-20(27)24-16-7-5-6-15(12-16)13-22-19(26)10-11-23-30(28,29)18-9-4-3-8-17(18)21/h3-9,12,23H,10-11,13-14H2,1-2H3,(H,22,26)(H,24,27). The molecule has 0 saturated carbocycles. The number of nitrogens with zero attached hydrogens (tertiary/aromatic N) is 1. The van der Waals surface area contributed by atoms with E-state index in [1.165, 1.54) is 12.1 Å². The fraction of sp³-hybridized carbons (Fsp3) is 0.300. The van der Waals surface area contributed by atoms with Crippen LogP contribution in [-0.2, 0) is 26.2 Å². The predicted molar refractivity (Wildman–Crippen MR) is 117 cm³/mol. The van der Waals surface area contributed by atoms with Crippen molar-refractivity contribution < 1.29 is 18.0 Å². The fourth-order valence-corrected chi connectivity index (χ4v) is 4.12. The van der Waals surface area contributed by atoms with Crippen molar-refractivity contribution in [1.82, 2.24) is 14.9 Å². The van der Waals surface area contributed by atoms with Gasteiger partial charge in [-0.15, -0.1) is 0 Å². The Morgan fingerprint density at radius 3 is 2.47 bits per heavy atom. The van der Waals surface area contributed by atoms with Crippen LogP contribution in [0.1, 0.15) is 12.0 Å². The lowest BCUT2D eigenvalue weighted by Crippen LogP contribution is -2.30. The number of hydrogen-bond donors (Lipinski definition) is 3. The number of benzene rings is 2. The van der Waals surface area contributed by atoms with Crippen LogP contribution in [-0.4, -0.2) is 52.3 Å². The molecule has 0 heterocycles. The largest absolute Gasteiger partial charge is 0.352 e. The molecular weight excluding hydrogens is 428 g/mol. The first-order chi connectivity index (χ1) is 14.2. The zero-order valence-electron chi connectivity index (χ0n) is 16.8. The molecule has 2 rings (SSSR count). The molecule has 2 aromatic carbocycles. The average Bonchev–Trinajstić information content (AvgIpc) is 2.66. The summed E-state index contributed by atoms with van der Waals surface area (Å²) in [4.78, 5) is 25.6. The third kappa shape index (κ3) is 7.75. The number of carbonyl (C=O) groups excluding carboxylic acids is 2. The molecule has 0 aliphatic carbocycles. The van der Waals surface area contributed by atoms with Gasteiger partial charge in [0.05, 0.1) is 11.6 Å². The van der Waals surface area contributed by atoms with E-state index in [9.17, 15) is 18.0 Å². The van der Waals surface area contributed by atoms with Crippen molar-refractivity contribution in [3.8, 4) is 0 Å². The van der Waals surface area contributed by atoms with Gasteiger partial charge in [0.15, 0.2) is 0 Å². The van der Waals surface area contributed by atoms with Gasteiger partial charge in [-0.1, -0.05) is 35.9 Å². The highest BCUT2D eigenvalue weighted by Crippen LogP contribution is 2.20. The Hall–Kier alpha value is -2.46. The van der Waals surface area contributed by atoms with E-state index in [1.807, 2.05) is 6.07 Å². The van der Waals surface area contributed by atoms with Gasteiger partial charge < -0.3 is 15.5 Å². The fourth-order valence-electron chi connectivity index (χ4n) is 2.58. The molecule has 0 spiro atoms. The van der Waals surface area contributed by atoms with Crippen LogP contribution in [0.25, 0.3) is 0 Å². The summed E-state index contributed by atoms with van der Waals surface area (Å²) in [5.74, 6) is -0.439. The van der Waals surface area contributed by atoms with Crippen LogP contribution >= 0.6 is 11.6 Å². The Bertz CT molecular complexity index is 996. The Morgan fingerprint density at radius 2 is 1.77 bits per heavy atom. The van der Waals surface area contributed by atoms with E-state index in [0.717, 1.165) is 5.56 Å². The monoisotopic (exact) mass is 452 g/mol. The van der Waals surface area contributed by atoms with E-state index in [1.54, 1.807) is 49.3 Å². The SMILES string of the molecule is CN(C)CC(=O)Nc1cccc(CNC(=O)CCNS(=O)(=O)c2ccccc2Cl)c1. The molecule has 162 valence electrons. The summed E-state index contributed by atoms with van der Waals surface area (Å²) in [6.07, 6.45) is -0.0249. The third-order valence-electron chi connectivity index (χ3n) is 3.93. The lowest BCUT2D eigenvalue weighted by Gasteiger charge is -2.11. The van der Waals surface area contributed by atoms with Crippen molar-refractivity contribution in [2.75, 3.05) is 32.5 Å². The zero-order chi connectivity index (χ0) is 22.1. The number of nitrogens with one attached hydrogen (secondary N) is 3. The molecule has 2 amide bonds. The summed E-state index contributed by atoms with van der Waals surface area (Å²) in [5.41, 5.74) is 1.45. The van der Waals surface area contributed by atoms with Crippen molar-refractivity contribution in [3.05, 3.63) is 59.1 Å². The van der Waals surface area contributed by atoms with Crippen molar-refractivity contribution in [2.24, 2.45) is 0 Å². The zero-order valence-corrected chi connectivity index (χ0v) is 18.4. The Kier molecular flexibility index (Phi) is 8.79. The molecule has 8 nitrogen and oxygen atoms in total. The van der Waals surface area contributed by atoms with Gasteiger partial charge in [-0.2, -0.15) is 0 Å². The second-order valence-corrected chi connectivity index (χ2v) is 8.98. The predicted octanol–water partition coefficient (Wildman–Crippen LogP) is 1.82. The molecule has 0 bridgehead atoms. The van der Waals surface area contributed by atoms with E-state index in [0.29, 0.717) is 5.69 Å². The summed E-state index contributed by atoms with van der Waals surface area (Å²) >= 11 is 5.91. The molecule has 0 fully saturated rings. The van der Waals surface area contributed by atoms with E-state index >= 15 is 0 Å². The van der Waals surface area contributed by atoms with Crippen LogP contribution in [0.2, 0.25) is 5.02 Å². The number of carbonyl (C=O) groups is 2. The normalized spacial score (nSPS) is 11.3. The summed E-state index contributed by atoms with van der Waals surface area (Å²) in [5, 5.41) is 5.64. The number of amides is 2. The van der Waals surface area contributed by atoms with E-state index in [2.05, 4.69) is 15.4 Å². The van der Waals surface area contributed by atoms with Gasteiger partial charge in [0.1, 0.15) is 4.90 Å². The van der Waals surface area contributed by atoms with Crippen LogP contribution < -0.4 is 15.4 Å². The van der Waals surface area contributed by atoms with Crippen molar-refractivity contribution >= 4 is 39.1 Å². The molecular formula is C20H25ClN4O4S. The molecule has 0 aromatic heterocycles. The first kappa shape index (κ1) is 23.8. The number of sulfonamides is 1. The maximum atomic E-state index is 12.2. The van der Waals surface area contributed by atoms with Gasteiger partial charge in [0.25, 0.3) is 0 Å². The van der Waals surface area contributed by atoms with Crippen molar-refractivity contribution in [2.45, 2.75) is 17.9 Å². The minimum Gasteiger partial charge on any atom is -0.352 e. The highest BCUT2D eigenvalue weighted by Gasteiger charge is 2.17. The first-order valence-corrected chi connectivity index (χ1v) is 11.1. The average molecular weight is 453 g/mol. The second-order valence-electron chi connectivity index (χ2n) is 6.84. The Labute approximate surface area is 181 Å². The van der Waals surface area contributed by atoms with E-state index < -0.39 is 10.0 Å². The Balaban J connectivity index is 1.80. The summed E-state index contributed by atoms with van der Waals surface area (Å²) in [6.45, 7) is 0.471. The number of likely N-dealkylation sites (N-methyl/N-ethyl adjacent to an activating group) is 1. The second kappa shape index (κ2) is 11.1. The van der Waals surface area contributed by atoms with Crippen LogP contribution in [0, 0.1) is 0 Å². The summed E-state index contributed by atoms with van der Waals surface area (Å²) in [6, 6.07) is 13.2. The van der Waals surface area contributed by atoms with Crippen LogP contribution in [0.4, 0.5) is 5.69 Å². The van der Waals surface area contributed by atoms with E-state index in [4.69, 9.17) is 11.6 Å². The van der Waals surface area contributed by atoms with Crippen LogP contribution in [0.15, 0.2) is 53.4 Å². The lowest BCUT2D eigenvalue weighted by molar-refractivity contribution is -0.121. The highest BCUT2D eigenvalue weighted by molar-refractivity contribution is 7.89. The summed E-state index contributed by atoms with van der Waals surface area (Å²) < 4.78 is 26.8. The molecule has 2 aromatic rings. The summed E-state index contributed by atoms with van der Waals surface area (Å²) in [7, 11) is -0.174. The highest BCUT2D eigenvalue weighted by atomic mass is 35.5. The molecule has 0 aliphatic rings. The minimum atomic E-state index is -3.79. The maximum absolute atomic E-state index is 12.2. The first-order valence-electron chi connectivity index (χ1n) is 9.22. The minimum absolute atomic E-state index is 0.0249. The van der Waals surface area contributed by atoms with Gasteiger partial charge in [0, 0.05) is 25.2 Å².